The molecule has 3 nitrogen and oxygen atoms in total. The van der Waals surface area contributed by atoms with E-state index in [1.165, 1.54) is 12.0 Å². The normalized spacial score (nSPS) is 24.0. The second kappa shape index (κ2) is 4.81. The minimum absolute atomic E-state index is 0.292. The number of hydrogen-bond acceptors (Lipinski definition) is 3. The molecule has 0 spiro atoms. The zero-order valence-corrected chi connectivity index (χ0v) is 9.45. The van der Waals surface area contributed by atoms with Crippen molar-refractivity contribution in [1.82, 2.24) is 5.32 Å². The van der Waals surface area contributed by atoms with E-state index < -0.39 is 0 Å². The molecule has 1 aliphatic heterocycles. The van der Waals surface area contributed by atoms with Gasteiger partial charge in [0.2, 0.25) is 0 Å². The van der Waals surface area contributed by atoms with Crippen LogP contribution >= 0.6 is 0 Å². The third-order valence-electron chi connectivity index (χ3n) is 3.16. The van der Waals surface area contributed by atoms with Crippen LogP contribution in [0.15, 0.2) is 16.7 Å². The third-order valence-corrected chi connectivity index (χ3v) is 3.16. The second-order valence-corrected chi connectivity index (χ2v) is 4.21. The quantitative estimate of drug-likeness (QED) is 0.829. The van der Waals surface area contributed by atoms with E-state index in [0.717, 1.165) is 25.4 Å². The van der Waals surface area contributed by atoms with Crippen LogP contribution < -0.4 is 5.32 Å². The Labute approximate surface area is 90.8 Å². The molecule has 0 aliphatic carbocycles. The van der Waals surface area contributed by atoms with Crippen molar-refractivity contribution in [3.05, 3.63) is 23.7 Å². The Hall–Kier alpha value is -0.800. The first-order valence-corrected chi connectivity index (χ1v) is 5.62. The van der Waals surface area contributed by atoms with Crippen LogP contribution in [0.25, 0.3) is 0 Å². The molecular formula is C12H19NO2. The summed E-state index contributed by atoms with van der Waals surface area (Å²) in [6.45, 7) is 3.84. The molecular weight excluding hydrogens is 190 g/mol. The van der Waals surface area contributed by atoms with Crippen LogP contribution in [0.2, 0.25) is 0 Å². The van der Waals surface area contributed by atoms with E-state index in [0.29, 0.717) is 12.0 Å². The molecule has 0 amide bonds. The molecule has 1 aromatic heterocycles. The van der Waals surface area contributed by atoms with Crippen molar-refractivity contribution in [3.8, 4) is 0 Å². The molecule has 2 unspecified atom stereocenters. The Bertz CT molecular complexity index is 302. The van der Waals surface area contributed by atoms with E-state index in [1.807, 2.05) is 13.1 Å². The van der Waals surface area contributed by atoms with Crippen LogP contribution in [-0.2, 0) is 4.74 Å². The summed E-state index contributed by atoms with van der Waals surface area (Å²) in [7, 11) is 1.99. The average Bonchev–Trinajstić information content (AvgIpc) is 2.68. The molecule has 3 heteroatoms. The molecule has 84 valence electrons. The Morgan fingerprint density at radius 2 is 2.40 bits per heavy atom. The van der Waals surface area contributed by atoms with Gasteiger partial charge < -0.3 is 14.5 Å². The van der Waals surface area contributed by atoms with Gasteiger partial charge in [-0.15, -0.1) is 0 Å². The monoisotopic (exact) mass is 209 g/mol. The minimum atomic E-state index is 0.292. The topological polar surface area (TPSA) is 34.4 Å². The van der Waals surface area contributed by atoms with Gasteiger partial charge in [-0.05, 0) is 38.4 Å². The van der Waals surface area contributed by atoms with E-state index >= 15 is 0 Å². The maximum Gasteiger partial charge on any atom is 0.123 e. The van der Waals surface area contributed by atoms with Gasteiger partial charge in [0.15, 0.2) is 0 Å². The molecule has 0 bridgehead atoms. The average molecular weight is 209 g/mol. The number of aryl methyl sites for hydroxylation is 1. The van der Waals surface area contributed by atoms with Gasteiger partial charge in [0.05, 0.1) is 18.9 Å². The van der Waals surface area contributed by atoms with Crippen LogP contribution in [0.5, 0.6) is 0 Å². The molecule has 1 saturated heterocycles. The van der Waals surface area contributed by atoms with Crippen LogP contribution in [0.3, 0.4) is 0 Å². The van der Waals surface area contributed by atoms with Gasteiger partial charge in [0.1, 0.15) is 5.76 Å². The molecule has 1 N–H and O–H groups in total. The first-order chi connectivity index (χ1) is 7.33. The fraction of sp³-hybridized carbons (Fsp3) is 0.667. The molecule has 0 saturated carbocycles. The van der Waals surface area contributed by atoms with Gasteiger partial charge in [-0.25, -0.2) is 0 Å². The second-order valence-electron chi connectivity index (χ2n) is 4.21. The van der Waals surface area contributed by atoms with Crippen LogP contribution in [0.1, 0.15) is 30.2 Å². The fourth-order valence-corrected chi connectivity index (χ4v) is 2.31. The maximum atomic E-state index is 5.55. The van der Waals surface area contributed by atoms with Gasteiger partial charge in [-0.2, -0.15) is 0 Å². The molecule has 0 aromatic carbocycles. The van der Waals surface area contributed by atoms with Crippen molar-refractivity contribution in [3.63, 3.8) is 0 Å². The number of ether oxygens (including phenoxy) is 1. The van der Waals surface area contributed by atoms with E-state index in [4.69, 9.17) is 9.15 Å². The Morgan fingerprint density at radius 1 is 1.53 bits per heavy atom. The zero-order chi connectivity index (χ0) is 10.7. The highest BCUT2D eigenvalue weighted by Gasteiger charge is 2.27. The van der Waals surface area contributed by atoms with Gasteiger partial charge in [0, 0.05) is 12.5 Å². The molecule has 0 radical (unpaired) electrons. The predicted octanol–water partition coefficient (Wildman–Crippen LogP) is 2.28. The molecule has 1 aromatic rings. The molecule has 1 fully saturated rings. The zero-order valence-electron chi connectivity index (χ0n) is 9.45. The summed E-state index contributed by atoms with van der Waals surface area (Å²) in [5.41, 5.74) is 1.22. The summed E-state index contributed by atoms with van der Waals surface area (Å²) < 4.78 is 11.1. The van der Waals surface area contributed by atoms with Crippen molar-refractivity contribution in [1.29, 1.82) is 0 Å². The van der Waals surface area contributed by atoms with Gasteiger partial charge >= 0.3 is 0 Å². The highest BCUT2D eigenvalue weighted by molar-refractivity contribution is 5.19. The van der Waals surface area contributed by atoms with Crippen LogP contribution in [0.4, 0.5) is 0 Å². The number of rotatable bonds is 3. The Morgan fingerprint density at radius 3 is 2.93 bits per heavy atom. The SMILES string of the molecule is CNC(c1occc1C)C1CCCOC1. The highest BCUT2D eigenvalue weighted by atomic mass is 16.5. The van der Waals surface area contributed by atoms with E-state index in [9.17, 15) is 0 Å². The van der Waals surface area contributed by atoms with Gasteiger partial charge in [-0.1, -0.05) is 0 Å². The summed E-state index contributed by atoms with van der Waals surface area (Å²) in [6, 6.07) is 2.31. The fourth-order valence-electron chi connectivity index (χ4n) is 2.31. The molecule has 1 aliphatic rings. The Balaban J connectivity index is 2.12. The van der Waals surface area contributed by atoms with Crippen molar-refractivity contribution in [2.24, 2.45) is 5.92 Å². The van der Waals surface area contributed by atoms with Crippen molar-refractivity contribution in [2.75, 3.05) is 20.3 Å². The highest BCUT2D eigenvalue weighted by Crippen LogP contribution is 2.30. The summed E-state index contributed by atoms with van der Waals surface area (Å²) in [6.07, 6.45) is 4.13. The van der Waals surface area contributed by atoms with Crippen LogP contribution in [0, 0.1) is 12.8 Å². The molecule has 2 heterocycles. The van der Waals surface area contributed by atoms with Gasteiger partial charge in [-0.3, -0.25) is 0 Å². The van der Waals surface area contributed by atoms with Crippen molar-refractivity contribution >= 4 is 0 Å². The van der Waals surface area contributed by atoms with Gasteiger partial charge in [0.25, 0.3) is 0 Å². The standard InChI is InChI=1S/C12H19NO2/c1-9-5-7-15-12(9)11(13-2)10-4-3-6-14-8-10/h5,7,10-11,13H,3-4,6,8H2,1-2H3. The van der Waals surface area contributed by atoms with Crippen molar-refractivity contribution < 1.29 is 9.15 Å². The van der Waals surface area contributed by atoms with E-state index in [-0.39, 0.29) is 0 Å². The van der Waals surface area contributed by atoms with E-state index in [2.05, 4.69) is 12.2 Å². The number of hydrogen-bond donors (Lipinski definition) is 1. The van der Waals surface area contributed by atoms with Crippen LogP contribution in [-0.4, -0.2) is 20.3 Å². The molecule has 2 atom stereocenters. The summed E-state index contributed by atoms with van der Waals surface area (Å²) in [5.74, 6) is 1.60. The summed E-state index contributed by atoms with van der Waals surface area (Å²) >= 11 is 0. The van der Waals surface area contributed by atoms with Crippen molar-refractivity contribution in [2.45, 2.75) is 25.8 Å². The number of nitrogens with one attached hydrogen (secondary N) is 1. The Kier molecular flexibility index (Phi) is 3.44. The smallest absolute Gasteiger partial charge is 0.123 e. The molecule has 2 rings (SSSR count). The number of furan rings is 1. The predicted molar refractivity (Wildman–Crippen MR) is 58.8 cm³/mol. The summed E-state index contributed by atoms with van der Waals surface area (Å²) in [4.78, 5) is 0. The molecule has 15 heavy (non-hydrogen) atoms. The lowest BCUT2D eigenvalue weighted by Crippen LogP contribution is -2.31. The maximum absolute atomic E-state index is 5.55. The first-order valence-electron chi connectivity index (χ1n) is 5.62. The lowest BCUT2D eigenvalue weighted by molar-refractivity contribution is 0.0367. The first kappa shape index (κ1) is 10.7. The van der Waals surface area contributed by atoms with E-state index in [1.54, 1.807) is 6.26 Å². The lowest BCUT2D eigenvalue weighted by Gasteiger charge is -2.29. The summed E-state index contributed by atoms with van der Waals surface area (Å²) in [5, 5.41) is 3.34. The minimum Gasteiger partial charge on any atom is -0.467 e. The lowest BCUT2D eigenvalue weighted by atomic mass is 9.91. The largest absolute Gasteiger partial charge is 0.467 e. The third kappa shape index (κ3) is 2.24.